The Hall–Kier alpha value is -0.0800. The van der Waals surface area contributed by atoms with Crippen molar-refractivity contribution in [1.29, 1.82) is 0 Å². The highest BCUT2D eigenvalue weighted by Gasteiger charge is 2.20. The first-order valence-corrected chi connectivity index (χ1v) is 6.47. The Morgan fingerprint density at radius 3 is 2.27 bits per heavy atom. The first-order chi connectivity index (χ1) is 7.03. The van der Waals surface area contributed by atoms with Crippen LogP contribution in [0, 0.1) is 5.41 Å². The van der Waals surface area contributed by atoms with Gasteiger partial charge < -0.3 is 5.32 Å². The molecule has 1 N–H and O–H groups in total. The van der Waals surface area contributed by atoms with Gasteiger partial charge in [0.05, 0.1) is 0 Å². The maximum Gasteiger partial charge on any atom is 0.0218 e. The lowest BCUT2D eigenvalue weighted by Crippen LogP contribution is -2.42. The average molecular weight is 212 g/mol. The molecular formula is C13H28N2. The summed E-state index contributed by atoms with van der Waals surface area (Å²) in [5.41, 5.74) is 0.406. The first kappa shape index (κ1) is 13.0. The van der Waals surface area contributed by atoms with Crippen LogP contribution >= 0.6 is 0 Å². The van der Waals surface area contributed by atoms with Crippen molar-refractivity contribution in [3.05, 3.63) is 0 Å². The zero-order valence-corrected chi connectivity index (χ0v) is 11.0. The molecule has 0 radical (unpaired) electrons. The number of hydrogen-bond acceptors (Lipinski definition) is 2. The van der Waals surface area contributed by atoms with Crippen LogP contribution in [-0.4, -0.2) is 37.1 Å². The Labute approximate surface area is 95.4 Å². The van der Waals surface area contributed by atoms with Gasteiger partial charge in [-0.05, 0) is 37.8 Å². The number of rotatable bonds is 5. The molecule has 0 aliphatic carbocycles. The van der Waals surface area contributed by atoms with Crippen LogP contribution in [0.5, 0.6) is 0 Å². The van der Waals surface area contributed by atoms with E-state index in [1.54, 1.807) is 0 Å². The van der Waals surface area contributed by atoms with Crippen LogP contribution < -0.4 is 5.32 Å². The van der Waals surface area contributed by atoms with E-state index in [4.69, 9.17) is 0 Å². The standard InChI is InChI=1S/C13H28N2/c1-5-12(15-8-6-7-9-15)10-14-11-13(2,3)4/h12,14H,5-11H2,1-4H3. The van der Waals surface area contributed by atoms with Gasteiger partial charge in [-0.3, -0.25) is 4.90 Å². The van der Waals surface area contributed by atoms with Gasteiger partial charge in [-0.25, -0.2) is 0 Å². The van der Waals surface area contributed by atoms with E-state index in [1.807, 2.05) is 0 Å². The summed E-state index contributed by atoms with van der Waals surface area (Å²) in [6, 6.07) is 0.759. The van der Waals surface area contributed by atoms with Crippen molar-refractivity contribution in [2.75, 3.05) is 26.2 Å². The minimum atomic E-state index is 0.406. The second kappa shape index (κ2) is 5.86. The van der Waals surface area contributed by atoms with Gasteiger partial charge in [-0.1, -0.05) is 27.7 Å². The number of hydrogen-bond donors (Lipinski definition) is 1. The number of nitrogens with zero attached hydrogens (tertiary/aromatic N) is 1. The molecule has 90 valence electrons. The summed E-state index contributed by atoms with van der Waals surface area (Å²) in [7, 11) is 0. The fourth-order valence-corrected chi connectivity index (χ4v) is 2.25. The van der Waals surface area contributed by atoms with Gasteiger partial charge in [0.1, 0.15) is 0 Å². The van der Waals surface area contributed by atoms with E-state index in [1.165, 1.54) is 32.4 Å². The molecule has 0 spiro atoms. The molecule has 0 aromatic carbocycles. The summed E-state index contributed by atoms with van der Waals surface area (Å²) in [4.78, 5) is 2.65. The topological polar surface area (TPSA) is 15.3 Å². The van der Waals surface area contributed by atoms with E-state index in [2.05, 4.69) is 37.9 Å². The molecule has 1 rings (SSSR count). The Balaban J connectivity index is 2.21. The molecule has 1 atom stereocenters. The predicted octanol–water partition coefficient (Wildman–Crippen LogP) is 2.50. The fraction of sp³-hybridized carbons (Fsp3) is 1.00. The summed E-state index contributed by atoms with van der Waals surface area (Å²) < 4.78 is 0. The van der Waals surface area contributed by atoms with E-state index in [9.17, 15) is 0 Å². The van der Waals surface area contributed by atoms with Crippen molar-refractivity contribution in [1.82, 2.24) is 10.2 Å². The Kier molecular flexibility index (Phi) is 5.07. The number of likely N-dealkylation sites (tertiary alicyclic amines) is 1. The van der Waals surface area contributed by atoms with Gasteiger partial charge in [0.2, 0.25) is 0 Å². The highest BCUT2D eigenvalue weighted by atomic mass is 15.2. The lowest BCUT2D eigenvalue weighted by atomic mass is 9.97. The summed E-state index contributed by atoms with van der Waals surface area (Å²) in [6.45, 7) is 14.1. The third kappa shape index (κ3) is 4.98. The molecule has 1 aliphatic heterocycles. The first-order valence-electron chi connectivity index (χ1n) is 6.47. The molecule has 15 heavy (non-hydrogen) atoms. The van der Waals surface area contributed by atoms with E-state index in [0.29, 0.717) is 5.41 Å². The molecule has 1 fully saturated rings. The van der Waals surface area contributed by atoms with Gasteiger partial charge in [0.15, 0.2) is 0 Å². The monoisotopic (exact) mass is 212 g/mol. The van der Waals surface area contributed by atoms with E-state index < -0.39 is 0 Å². The quantitative estimate of drug-likeness (QED) is 0.753. The smallest absolute Gasteiger partial charge is 0.0218 e. The van der Waals surface area contributed by atoms with Gasteiger partial charge in [0, 0.05) is 19.1 Å². The molecule has 0 aromatic heterocycles. The van der Waals surface area contributed by atoms with Crippen molar-refractivity contribution < 1.29 is 0 Å². The van der Waals surface area contributed by atoms with Crippen molar-refractivity contribution >= 4 is 0 Å². The summed E-state index contributed by atoms with van der Waals surface area (Å²) in [5.74, 6) is 0. The molecule has 0 amide bonds. The van der Waals surface area contributed by atoms with E-state index in [0.717, 1.165) is 19.1 Å². The third-order valence-electron chi connectivity index (χ3n) is 3.16. The maximum atomic E-state index is 3.61. The maximum absolute atomic E-state index is 3.61. The molecule has 1 aliphatic rings. The zero-order chi connectivity index (χ0) is 11.3. The Morgan fingerprint density at radius 1 is 1.20 bits per heavy atom. The van der Waals surface area contributed by atoms with E-state index in [-0.39, 0.29) is 0 Å². The van der Waals surface area contributed by atoms with Gasteiger partial charge >= 0.3 is 0 Å². The van der Waals surface area contributed by atoms with Crippen molar-refractivity contribution in [2.24, 2.45) is 5.41 Å². The second-order valence-corrected chi connectivity index (χ2v) is 6.00. The van der Waals surface area contributed by atoms with Crippen LogP contribution in [0.2, 0.25) is 0 Å². The average Bonchev–Trinajstić information content (AvgIpc) is 2.63. The largest absolute Gasteiger partial charge is 0.315 e. The lowest BCUT2D eigenvalue weighted by Gasteiger charge is -2.28. The van der Waals surface area contributed by atoms with Crippen molar-refractivity contribution in [3.8, 4) is 0 Å². The Bertz CT molecular complexity index is 166. The lowest BCUT2D eigenvalue weighted by molar-refractivity contribution is 0.222. The van der Waals surface area contributed by atoms with Crippen LogP contribution in [0.3, 0.4) is 0 Å². The highest BCUT2D eigenvalue weighted by Crippen LogP contribution is 2.14. The van der Waals surface area contributed by atoms with Crippen LogP contribution in [-0.2, 0) is 0 Å². The minimum absolute atomic E-state index is 0.406. The molecule has 1 unspecified atom stereocenters. The van der Waals surface area contributed by atoms with Gasteiger partial charge in [0.25, 0.3) is 0 Å². The zero-order valence-electron chi connectivity index (χ0n) is 11.0. The summed E-state index contributed by atoms with van der Waals surface area (Å²) in [5, 5.41) is 3.61. The van der Waals surface area contributed by atoms with Crippen LogP contribution in [0.4, 0.5) is 0 Å². The van der Waals surface area contributed by atoms with Crippen LogP contribution in [0.15, 0.2) is 0 Å². The molecule has 0 bridgehead atoms. The molecule has 2 heteroatoms. The Morgan fingerprint density at radius 2 is 1.80 bits per heavy atom. The van der Waals surface area contributed by atoms with Crippen LogP contribution in [0.1, 0.15) is 47.0 Å². The van der Waals surface area contributed by atoms with Crippen LogP contribution in [0.25, 0.3) is 0 Å². The SMILES string of the molecule is CCC(CNCC(C)(C)C)N1CCCC1. The molecule has 1 saturated heterocycles. The van der Waals surface area contributed by atoms with E-state index >= 15 is 0 Å². The summed E-state index contributed by atoms with van der Waals surface area (Å²) >= 11 is 0. The molecular weight excluding hydrogens is 184 g/mol. The predicted molar refractivity (Wildman–Crippen MR) is 67.2 cm³/mol. The summed E-state index contributed by atoms with van der Waals surface area (Å²) in [6.07, 6.45) is 4.07. The molecule has 2 nitrogen and oxygen atoms in total. The van der Waals surface area contributed by atoms with Gasteiger partial charge in [-0.2, -0.15) is 0 Å². The van der Waals surface area contributed by atoms with Crippen molar-refractivity contribution in [2.45, 2.75) is 53.0 Å². The number of nitrogens with one attached hydrogen (secondary N) is 1. The normalized spacial score (nSPS) is 20.8. The fourth-order valence-electron chi connectivity index (χ4n) is 2.25. The molecule has 1 heterocycles. The third-order valence-corrected chi connectivity index (χ3v) is 3.16. The molecule has 0 aromatic rings. The molecule has 0 saturated carbocycles. The highest BCUT2D eigenvalue weighted by molar-refractivity contribution is 4.78. The van der Waals surface area contributed by atoms with Gasteiger partial charge in [-0.15, -0.1) is 0 Å². The minimum Gasteiger partial charge on any atom is -0.315 e. The second-order valence-electron chi connectivity index (χ2n) is 6.00. The van der Waals surface area contributed by atoms with Crippen molar-refractivity contribution in [3.63, 3.8) is 0 Å².